The van der Waals surface area contributed by atoms with Crippen molar-refractivity contribution in [2.24, 2.45) is 17.6 Å². The SMILES string of the molecule is C[C@@H]1CCC[C@H](C)[C@@H]1N. The Morgan fingerprint density at radius 3 is 1.89 bits per heavy atom. The maximum absolute atomic E-state index is 5.92. The minimum absolute atomic E-state index is 0.471. The van der Waals surface area contributed by atoms with Gasteiger partial charge < -0.3 is 5.73 Å². The van der Waals surface area contributed by atoms with Crippen LogP contribution >= 0.6 is 0 Å². The van der Waals surface area contributed by atoms with Crippen molar-refractivity contribution in [2.45, 2.75) is 39.2 Å². The third-order valence-corrected chi connectivity index (χ3v) is 2.63. The van der Waals surface area contributed by atoms with E-state index in [1.54, 1.807) is 0 Å². The molecule has 0 saturated heterocycles. The first-order chi connectivity index (χ1) is 4.22. The lowest BCUT2D eigenvalue weighted by atomic mass is 9.79. The molecule has 0 amide bonds. The molecule has 54 valence electrons. The van der Waals surface area contributed by atoms with Crippen LogP contribution < -0.4 is 5.73 Å². The first-order valence-electron chi connectivity index (χ1n) is 3.97. The molecule has 1 fully saturated rings. The van der Waals surface area contributed by atoms with Crippen LogP contribution in [0.1, 0.15) is 33.1 Å². The monoisotopic (exact) mass is 127 g/mol. The summed E-state index contributed by atoms with van der Waals surface area (Å²) >= 11 is 0. The summed E-state index contributed by atoms with van der Waals surface area (Å²) in [6.07, 6.45) is 4.06. The van der Waals surface area contributed by atoms with Crippen molar-refractivity contribution in [3.63, 3.8) is 0 Å². The van der Waals surface area contributed by atoms with Gasteiger partial charge in [-0.15, -0.1) is 0 Å². The Morgan fingerprint density at radius 2 is 1.56 bits per heavy atom. The van der Waals surface area contributed by atoms with Crippen molar-refractivity contribution in [3.05, 3.63) is 0 Å². The first kappa shape index (κ1) is 7.07. The molecule has 9 heavy (non-hydrogen) atoms. The first-order valence-corrected chi connectivity index (χ1v) is 3.97. The Bertz CT molecular complexity index is 80.6. The molecule has 0 heterocycles. The quantitative estimate of drug-likeness (QED) is 0.527. The van der Waals surface area contributed by atoms with Crippen LogP contribution in [0.3, 0.4) is 0 Å². The van der Waals surface area contributed by atoms with Crippen molar-refractivity contribution >= 4 is 0 Å². The fourth-order valence-electron chi connectivity index (χ4n) is 1.71. The second kappa shape index (κ2) is 2.70. The zero-order valence-electron chi connectivity index (χ0n) is 6.43. The van der Waals surface area contributed by atoms with Gasteiger partial charge in [-0.25, -0.2) is 0 Å². The highest BCUT2D eigenvalue weighted by Crippen LogP contribution is 2.26. The zero-order chi connectivity index (χ0) is 6.85. The van der Waals surface area contributed by atoms with Gasteiger partial charge in [-0.2, -0.15) is 0 Å². The molecule has 1 aliphatic rings. The van der Waals surface area contributed by atoms with Crippen molar-refractivity contribution in [1.29, 1.82) is 0 Å². The van der Waals surface area contributed by atoms with Gasteiger partial charge in [0.15, 0.2) is 0 Å². The fourth-order valence-corrected chi connectivity index (χ4v) is 1.71. The summed E-state index contributed by atoms with van der Waals surface area (Å²) in [6.45, 7) is 4.53. The summed E-state index contributed by atoms with van der Waals surface area (Å²) in [5, 5.41) is 0. The fraction of sp³-hybridized carbons (Fsp3) is 1.00. The molecule has 0 bridgehead atoms. The molecule has 2 N–H and O–H groups in total. The lowest BCUT2D eigenvalue weighted by Gasteiger charge is -2.31. The maximum Gasteiger partial charge on any atom is 0.00903 e. The molecule has 0 unspecified atom stereocenters. The molecule has 1 heteroatoms. The summed E-state index contributed by atoms with van der Waals surface area (Å²) in [4.78, 5) is 0. The second-order valence-electron chi connectivity index (χ2n) is 3.46. The minimum Gasteiger partial charge on any atom is -0.327 e. The summed E-state index contributed by atoms with van der Waals surface area (Å²) in [7, 11) is 0. The average Bonchev–Trinajstić information content (AvgIpc) is 1.83. The van der Waals surface area contributed by atoms with Gasteiger partial charge in [-0.1, -0.05) is 20.3 Å². The molecule has 3 atom stereocenters. The topological polar surface area (TPSA) is 26.0 Å². The Morgan fingerprint density at radius 1 is 1.11 bits per heavy atom. The molecule has 0 radical (unpaired) electrons. The van der Waals surface area contributed by atoms with Crippen molar-refractivity contribution in [2.75, 3.05) is 0 Å². The largest absolute Gasteiger partial charge is 0.327 e. The lowest BCUT2D eigenvalue weighted by Crippen LogP contribution is -2.37. The highest BCUT2D eigenvalue weighted by Gasteiger charge is 2.23. The highest BCUT2D eigenvalue weighted by atomic mass is 14.7. The van der Waals surface area contributed by atoms with Crippen molar-refractivity contribution < 1.29 is 0 Å². The van der Waals surface area contributed by atoms with E-state index in [0.717, 1.165) is 11.8 Å². The van der Waals surface area contributed by atoms with Crippen molar-refractivity contribution in [3.8, 4) is 0 Å². The van der Waals surface area contributed by atoms with E-state index in [-0.39, 0.29) is 0 Å². The van der Waals surface area contributed by atoms with E-state index in [2.05, 4.69) is 13.8 Å². The molecule has 0 aromatic carbocycles. The predicted octanol–water partition coefficient (Wildman–Crippen LogP) is 1.77. The van der Waals surface area contributed by atoms with Gasteiger partial charge in [-0.05, 0) is 24.7 Å². The highest BCUT2D eigenvalue weighted by molar-refractivity contribution is 4.79. The average molecular weight is 127 g/mol. The summed E-state index contributed by atoms with van der Waals surface area (Å²) in [6, 6.07) is 0.471. The van der Waals surface area contributed by atoms with Crippen molar-refractivity contribution in [1.82, 2.24) is 0 Å². The molecular weight excluding hydrogens is 110 g/mol. The molecule has 1 aliphatic carbocycles. The molecule has 1 rings (SSSR count). The third kappa shape index (κ3) is 1.45. The van der Waals surface area contributed by atoms with Gasteiger partial charge in [-0.3, -0.25) is 0 Å². The van der Waals surface area contributed by atoms with E-state index >= 15 is 0 Å². The number of hydrogen-bond acceptors (Lipinski definition) is 1. The molecule has 0 aromatic heterocycles. The van der Waals surface area contributed by atoms with E-state index < -0.39 is 0 Å². The molecule has 1 nitrogen and oxygen atoms in total. The minimum atomic E-state index is 0.471. The summed E-state index contributed by atoms with van der Waals surface area (Å²) in [5.74, 6) is 1.52. The van der Waals surface area contributed by atoms with Gasteiger partial charge in [0, 0.05) is 6.04 Å². The van der Waals surface area contributed by atoms with E-state index in [9.17, 15) is 0 Å². The molecule has 1 saturated carbocycles. The lowest BCUT2D eigenvalue weighted by molar-refractivity contribution is 0.251. The molecule has 0 aromatic rings. The number of hydrogen-bond donors (Lipinski definition) is 1. The van der Waals surface area contributed by atoms with Gasteiger partial charge in [0.1, 0.15) is 0 Å². The van der Waals surface area contributed by atoms with Crippen LogP contribution in [0.5, 0.6) is 0 Å². The van der Waals surface area contributed by atoms with Gasteiger partial charge in [0.25, 0.3) is 0 Å². The van der Waals surface area contributed by atoms with E-state index in [0.29, 0.717) is 6.04 Å². The normalized spacial score (nSPS) is 45.0. The maximum atomic E-state index is 5.92. The zero-order valence-corrected chi connectivity index (χ0v) is 6.43. The van der Waals surface area contributed by atoms with Crippen LogP contribution in [0.15, 0.2) is 0 Å². The van der Waals surface area contributed by atoms with Gasteiger partial charge in [0.2, 0.25) is 0 Å². The molecular formula is C8H17N. The van der Waals surface area contributed by atoms with E-state index in [1.807, 2.05) is 0 Å². The second-order valence-corrected chi connectivity index (χ2v) is 3.46. The third-order valence-electron chi connectivity index (χ3n) is 2.63. The Kier molecular flexibility index (Phi) is 2.12. The standard InChI is InChI=1S/C8H17N/c1-6-4-3-5-7(2)8(6)9/h6-8H,3-5,9H2,1-2H3/t6-,7+,8-. The van der Waals surface area contributed by atoms with E-state index in [1.165, 1.54) is 19.3 Å². The van der Waals surface area contributed by atoms with Crippen LogP contribution in [-0.2, 0) is 0 Å². The van der Waals surface area contributed by atoms with Crippen LogP contribution in [0.2, 0.25) is 0 Å². The predicted molar refractivity (Wildman–Crippen MR) is 40.2 cm³/mol. The molecule has 0 spiro atoms. The van der Waals surface area contributed by atoms with Crippen LogP contribution in [-0.4, -0.2) is 6.04 Å². The van der Waals surface area contributed by atoms with Crippen LogP contribution in [0.25, 0.3) is 0 Å². The van der Waals surface area contributed by atoms with E-state index in [4.69, 9.17) is 5.73 Å². The Balaban J connectivity index is 2.41. The Labute approximate surface area is 57.6 Å². The number of nitrogens with two attached hydrogens (primary N) is 1. The van der Waals surface area contributed by atoms with Crippen LogP contribution in [0, 0.1) is 11.8 Å². The Hall–Kier alpha value is -0.0400. The summed E-state index contributed by atoms with van der Waals surface area (Å²) < 4.78 is 0. The van der Waals surface area contributed by atoms with Crippen LogP contribution in [0.4, 0.5) is 0 Å². The van der Waals surface area contributed by atoms with Gasteiger partial charge >= 0.3 is 0 Å². The smallest absolute Gasteiger partial charge is 0.00903 e. The number of rotatable bonds is 0. The van der Waals surface area contributed by atoms with Gasteiger partial charge in [0.05, 0.1) is 0 Å². The summed E-state index contributed by atoms with van der Waals surface area (Å²) in [5.41, 5.74) is 5.92. The molecule has 0 aliphatic heterocycles.